The molecule has 1 aliphatic heterocycles. The molecule has 0 fully saturated rings. The average molecular weight is 285 g/mol. The number of fused-ring (bicyclic) bond motifs is 1. The zero-order valence-electron chi connectivity index (χ0n) is 11.2. The third kappa shape index (κ3) is 2.84. The second-order valence-electron chi connectivity index (χ2n) is 4.76. The molecular formula is C13H19NO4S. The molecular weight excluding hydrogens is 266 g/mol. The van der Waals surface area contributed by atoms with E-state index in [2.05, 4.69) is 0 Å². The Labute approximate surface area is 113 Å². The molecule has 1 atom stereocenters. The molecule has 0 bridgehead atoms. The van der Waals surface area contributed by atoms with Crippen LogP contribution in [0.4, 0.5) is 0 Å². The van der Waals surface area contributed by atoms with Crippen LogP contribution in [0.3, 0.4) is 0 Å². The number of hydrogen-bond donors (Lipinski definition) is 1. The highest BCUT2D eigenvalue weighted by atomic mass is 32.2. The number of sulfone groups is 1. The molecule has 1 unspecified atom stereocenters. The van der Waals surface area contributed by atoms with Crippen molar-refractivity contribution in [3.05, 3.63) is 17.7 Å². The van der Waals surface area contributed by atoms with Gasteiger partial charge < -0.3 is 15.2 Å². The Morgan fingerprint density at radius 3 is 2.63 bits per heavy atom. The van der Waals surface area contributed by atoms with E-state index in [4.69, 9.17) is 15.2 Å². The first-order valence-corrected chi connectivity index (χ1v) is 8.17. The molecule has 2 rings (SSSR count). The summed E-state index contributed by atoms with van der Waals surface area (Å²) in [6.07, 6.45) is 1.92. The normalized spacial score (nSPS) is 16.2. The number of rotatable bonds is 4. The molecule has 2 N–H and O–H groups in total. The summed E-state index contributed by atoms with van der Waals surface area (Å²) < 4.78 is 35.1. The van der Waals surface area contributed by atoms with Crippen molar-refractivity contribution < 1.29 is 17.9 Å². The van der Waals surface area contributed by atoms with Crippen LogP contribution in [0.15, 0.2) is 17.0 Å². The van der Waals surface area contributed by atoms with Gasteiger partial charge >= 0.3 is 0 Å². The summed E-state index contributed by atoms with van der Waals surface area (Å²) in [7, 11) is -3.38. The van der Waals surface area contributed by atoms with Crippen LogP contribution in [-0.4, -0.2) is 34.4 Å². The maximum atomic E-state index is 12.1. The van der Waals surface area contributed by atoms with E-state index in [9.17, 15) is 8.42 Å². The van der Waals surface area contributed by atoms with E-state index in [1.54, 1.807) is 12.1 Å². The van der Waals surface area contributed by atoms with Gasteiger partial charge in [-0.15, -0.1) is 0 Å². The van der Waals surface area contributed by atoms with Gasteiger partial charge in [0.1, 0.15) is 18.1 Å². The Morgan fingerprint density at radius 2 is 2.00 bits per heavy atom. The van der Waals surface area contributed by atoms with E-state index in [-0.39, 0.29) is 10.8 Å². The van der Waals surface area contributed by atoms with Crippen LogP contribution in [0.25, 0.3) is 0 Å². The van der Waals surface area contributed by atoms with E-state index in [1.807, 2.05) is 6.92 Å². The third-order valence-corrected chi connectivity index (χ3v) is 4.36. The highest BCUT2D eigenvalue weighted by Gasteiger charge is 2.27. The fourth-order valence-corrected chi connectivity index (χ4v) is 3.48. The van der Waals surface area contributed by atoms with Crippen molar-refractivity contribution >= 4 is 9.84 Å². The molecule has 0 radical (unpaired) electrons. The van der Waals surface area contributed by atoms with Gasteiger partial charge in [-0.1, -0.05) is 13.0 Å². The first-order chi connectivity index (χ1) is 8.95. The van der Waals surface area contributed by atoms with Crippen LogP contribution < -0.4 is 15.2 Å². The van der Waals surface area contributed by atoms with E-state index >= 15 is 0 Å². The molecule has 0 aromatic heterocycles. The average Bonchev–Trinajstić information content (AvgIpc) is 2.36. The van der Waals surface area contributed by atoms with Gasteiger partial charge in [0.25, 0.3) is 0 Å². The highest BCUT2D eigenvalue weighted by Crippen LogP contribution is 2.41. The molecule has 106 valence electrons. The standard InChI is InChI=1S/C13H19NO4S/c1-9(5-6-14)10-3-4-11-12(18-8-7-17-11)13(10)19(2,15)16/h3-4,9H,5-8,14H2,1-2H3. The number of ether oxygens (including phenoxy) is 2. The fourth-order valence-electron chi connectivity index (χ4n) is 2.28. The smallest absolute Gasteiger partial charge is 0.180 e. The zero-order valence-corrected chi connectivity index (χ0v) is 12.0. The monoisotopic (exact) mass is 285 g/mol. The molecule has 1 heterocycles. The molecule has 0 saturated carbocycles. The molecule has 1 aromatic carbocycles. The van der Waals surface area contributed by atoms with Crippen LogP contribution in [0.5, 0.6) is 11.5 Å². The molecule has 1 aromatic rings. The van der Waals surface area contributed by atoms with Gasteiger partial charge in [-0.05, 0) is 30.5 Å². The summed E-state index contributed by atoms with van der Waals surface area (Å²) in [5, 5.41) is 0. The second-order valence-corrected chi connectivity index (χ2v) is 6.71. The predicted molar refractivity (Wildman–Crippen MR) is 72.6 cm³/mol. The molecule has 0 amide bonds. The summed E-state index contributed by atoms with van der Waals surface area (Å²) in [5.74, 6) is 0.899. The fraction of sp³-hybridized carbons (Fsp3) is 0.538. The van der Waals surface area contributed by atoms with E-state index in [1.165, 1.54) is 6.26 Å². The first kappa shape index (κ1) is 14.1. The van der Waals surface area contributed by atoms with Crippen molar-refractivity contribution in [2.45, 2.75) is 24.2 Å². The van der Waals surface area contributed by atoms with E-state index in [0.717, 1.165) is 12.0 Å². The van der Waals surface area contributed by atoms with Crippen LogP contribution in [0.1, 0.15) is 24.8 Å². The lowest BCUT2D eigenvalue weighted by Gasteiger charge is -2.24. The lowest BCUT2D eigenvalue weighted by molar-refractivity contribution is 0.166. The van der Waals surface area contributed by atoms with Crippen molar-refractivity contribution in [2.75, 3.05) is 26.0 Å². The van der Waals surface area contributed by atoms with Gasteiger partial charge in [0.15, 0.2) is 21.3 Å². The van der Waals surface area contributed by atoms with Crippen LogP contribution in [0.2, 0.25) is 0 Å². The summed E-state index contributed by atoms with van der Waals surface area (Å²) in [4.78, 5) is 0.241. The minimum absolute atomic E-state index is 0.0607. The number of nitrogens with two attached hydrogens (primary N) is 1. The lowest BCUT2D eigenvalue weighted by Crippen LogP contribution is -2.19. The Balaban J connectivity index is 2.61. The number of benzene rings is 1. The summed E-state index contributed by atoms with van der Waals surface area (Å²) in [6, 6.07) is 3.57. The molecule has 0 spiro atoms. The van der Waals surface area contributed by atoms with Gasteiger partial charge in [0.05, 0.1) is 0 Å². The Kier molecular flexibility index (Phi) is 4.01. The van der Waals surface area contributed by atoms with Gasteiger partial charge in [-0.25, -0.2) is 8.42 Å². The SMILES string of the molecule is CC(CCN)c1ccc2c(c1S(C)(=O)=O)OCCO2. The van der Waals surface area contributed by atoms with Gasteiger partial charge in [0, 0.05) is 6.26 Å². The Hall–Kier alpha value is -1.27. The quantitative estimate of drug-likeness (QED) is 0.902. The minimum atomic E-state index is -3.38. The summed E-state index contributed by atoms with van der Waals surface area (Å²) >= 11 is 0. The van der Waals surface area contributed by atoms with Crippen molar-refractivity contribution in [1.29, 1.82) is 0 Å². The summed E-state index contributed by atoms with van der Waals surface area (Å²) in [5.41, 5.74) is 6.31. The molecule has 19 heavy (non-hydrogen) atoms. The van der Waals surface area contributed by atoms with Gasteiger partial charge in [-0.2, -0.15) is 0 Å². The Morgan fingerprint density at radius 1 is 1.32 bits per heavy atom. The lowest BCUT2D eigenvalue weighted by atomic mass is 9.97. The molecule has 0 aliphatic carbocycles. The minimum Gasteiger partial charge on any atom is -0.486 e. The van der Waals surface area contributed by atoms with E-state index in [0.29, 0.717) is 31.3 Å². The topological polar surface area (TPSA) is 78.6 Å². The maximum Gasteiger partial charge on any atom is 0.180 e. The predicted octanol–water partition coefficient (Wildman–Crippen LogP) is 1.31. The molecule has 6 heteroatoms. The summed E-state index contributed by atoms with van der Waals surface area (Å²) in [6.45, 7) is 3.28. The van der Waals surface area contributed by atoms with Crippen LogP contribution in [-0.2, 0) is 9.84 Å². The van der Waals surface area contributed by atoms with Crippen molar-refractivity contribution in [1.82, 2.24) is 0 Å². The van der Waals surface area contributed by atoms with Crippen LogP contribution >= 0.6 is 0 Å². The van der Waals surface area contributed by atoms with Crippen molar-refractivity contribution in [3.63, 3.8) is 0 Å². The van der Waals surface area contributed by atoms with Gasteiger partial charge in [-0.3, -0.25) is 0 Å². The molecule has 0 saturated heterocycles. The number of hydrogen-bond acceptors (Lipinski definition) is 5. The van der Waals surface area contributed by atoms with Crippen molar-refractivity contribution in [3.8, 4) is 11.5 Å². The first-order valence-electron chi connectivity index (χ1n) is 6.27. The Bertz CT molecular complexity index is 568. The van der Waals surface area contributed by atoms with Gasteiger partial charge in [0.2, 0.25) is 0 Å². The van der Waals surface area contributed by atoms with Crippen molar-refractivity contribution in [2.24, 2.45) is 5.73 Å². The second kappa shape index (κ2) is 5.38. The third-order valence-electron chi connectivity index (χ3n) is 3.20. The van der Waals surface area contributed by atoms with E-state index < -0.39 is 9.84 Å². The molecule has 5 nitrogen and oxygen atoms in total. The maximum absolute atomic E-state index is 12.1. The zero-order chi connectivity index (χ0) is 14.0. The largest absolute Gasteiger partial charge is 0.486 e. The molecule has 1 aliphatic rings. The highest BCUT2D eigenvalue weighted by molar-refractivity contribution is 7.90. The van der Waals surface area contributed by atoms with Crippen LogP contribution in [0, 0.1) is 0 Å².